The molecule has 0 aliphatic rings. The first-order valence-corrected chi connectivity index (χ1v) is 5.08. The third kappa shape index (κ3) is 1.73. The molecular formula is C13H11NO3. The minimum absolute atomic E-state index is 0.214. The summed E-state index contributed by atoms with van der Waals surface area (Å²) in [6.45, 7) is 1.72. The second-order valence-electron chi connectivity index (χ2n) is 3.83. The molecule has 2 rings (SSSR count). The van der Waals surface area contributed by atoms with Crippen molar-refractivity contribution in [3.8, 4) is 0 Å². The predicted octanol–water partition coefficient (Wildman–Crippen LogP) is 1.95. The number of primary amides is 1. The Morgan fingerprint density at radius 3 is 2.41 bits per heavy atom. The number of carboxylic acids is 1. The number of aryl methyl sites for hydroxylation is 1. The highest BCUT2D eigenvalue weighted by atomic mass is 16.4. The summed E-state index contributed by atoms with van der Waals surface area (Å²) >= 11 is 0. The number of fused-ring (bicyclic) bond motifs is 1. The molecule has 2 aromatic carbocycles. The highest BCUT2D eigenvalue weighted by molar-refractivity contribution is 6.12. The first-order valence-electron chi connectivity index (χ1n) is 5.08. The van der Waals surface area contributed by atoms with Gasteiger partial charge in [0.05, 0.1) is 5.56 Å². The monoisotopic (exact) mass is 229 g/mol. The molecule has 4 heteroatoms. The zero-order valence-electron chi connectivity index (χ0n) is 9.23. The Labute approximate surface area is 97.7 Å². The van der Waals surface area contributed by atoms with Gasteiger partial charge in [-0.15, -0.1) is 0 Å². The van der Waals surface area contributed by atoms with E-state index in [-0.39, 0.29) is 5.56 Å². The Kier molecular flexibility index (Phi) is 2.55. The molecule has 2 aromatic rings. The van der Waals surface area contributed by atoms with Gasteiger partial charge in [-0.05, 0) is 29.3 Å². The maximum atomic E-state index is 11.3. The lowest BCUT2D eigenvalue weighted by Gasteiger charge is -2.08. The van der Waals surface area contributed by atoms with E-state index < -0.39 is 11.9 Å². The number of aromatic carboxylic acids is 1. The van der Waals surface area contributed by atoms with Gasteiger partial charge in [0.25, 0.3) is 0 Å². The second-order valence-corrected chi connectivity index (χ2v) is 3.83. The van der Waals surface area contributed by atoms with Crippen molar-refractivity contribution in [1.29, 1.82) is 0 Å². The number of rotatable bonds is 2. The van der Waals surface area contributed by atoms with Crippen LogP contribution in [0.1, 0.15) is 26.3 Å². The highest BCUT2D eigenvalue weighted by Gasteiger charge is 2.14. The van der Waals surface area contributed by atoms with E-state index in [4.69, 9.17) is 5.73 Å². The summed E-state index contributed by atoms with van der Waals surface area (Å²) < 4.78 is 0. The fourth-order valence-corrected chi connectivity index (χ4v) is 1.97. The van der Waals surface area contributed by atoms with Gasteiger partial charge in [0, 0.05) is 5.56 Å². The summed E-state index contributed by atoms with van der Waals surface area (Å²) in [6, 6.07) is 8.30. The Balaban J connectivity index is 2.93. The molecule has 0 aliphatic heterocycles. The molecule has 0 heterocycles. The largest absolute Gasteiger partial charge is 0.478 e. The van der Waals surface area contributed by atoms with Crippen LogP contribution in [-0.2, 0) is 0 Å². The Bertz CT molecular complexity index is 632. The van der Waals surface area contributed by atoms with Crippen molar-refractivity contribution in [3.05, 3.63) is 47.0 Å². The SMILES string of the molecule is Cc1ccc2c(C(N)=O)cccc2c1C(=O)O. The normalized spacial score (nSPS) is 10.4. The first kappa shape index (κ1) is 11.1. The molecular weight excluding hydrogens is 218 g/mol. The van der Waals surface area contributed by atoms with E-state index in [1.807, 2.05) is 0 Å². The van der Waals surface area contributed by atoms with Gasteiger partial charge in [-0.1, -0.05) is 24.3 Å². The van der Waals surface area contributed by atoms with Crippen LogP contribution in [0.3, 0.4) is 0 Å². The van der Waals surface area contributed by atoms with Crippen molar-refractivity contribution >= 4 is 22.6 Å². The van der Waals surface area contributed by atoms with Crippen LogP contribution >= 0.6 is 0 Å². The number of amides is 1. The summed E-state index contributed by atoms with van der Waals surface area (Å²) in [5, 5.41) is 10.3. The van der Waals surface area contributed by atoms with E-state index in [2.05, 4.69) is 0 Å². The maximum absolute atomic E-state index is 11.3. The fourth-order valence-electron chi connectivity index (χ4n) is 1.97. The number of nitrogens with two attached hydrogens (primary N) is 1. The average molecular weight is 229 g/mol. The third-order valence-electron chi connectivity index (χ3n) is 2.75. The molecule has 1 amide bonds. The molecule has 0 bridgehead atoms. The number of carboxylic acid groups (broad SMARTS) is 1. The quantitative estimate of drug-likeness (QED) is 0.825. The molecule has 86 valence electrons. The molecule has 0 saturated heterocycles. The van der Waals surface area contributed by atoms with Crippen molar-refractivity contribution in [2.45, 2.75) is 6.92 Å². The second kappa shape index (κ2) is 3.90. The molecule has 17 heavy (non-hydrogen) atoms. The summed E-state index contributed by atoms with van der Waals surface area (Å²) in [6.07, 6.45) is 0. The Morgan fingerprint density at radius 2 is 1.82 bits per heavy atom. The lowest BCUT2D eigenvalue weighted by Crippen LogP contribution is -2.12. The van der Waals surface area contributed by atoms with E-state index in [1.165, 1.54) is 0 Å². The van der Waals surface area contributed by atoms with Crippen LogP contribution in [-0.4, -0.2) is 17.0 Å². The first-order chi connectivity index (χ1) is 8.02. The van der Waals surface area contributed by atoms with Gasteiger partial charge in [-0.25, -0.2) is 4.79 Å². The maximum Gasteiger partial charge on any atom is 0.336 e. The molecule has 0 aliphatic carbocycles. The standard InChI is InChI=1S/C13H11NO3/c1-7-5-6-8-9(11(7)13(16)17)3-2-4-10(8)12(14)15/h2-6H,1H3,(H2,14,15)(H,16,17). The lowest BCUT2D eigenvalue weighted by molar-refractivity contribution is 0.0698. The van der Waals surface area contributed by atoms with Gasteiger partial charge in [0.2, 0.25) is 5.91 Å². The van der Waals surface area contributed by atoms with Crippen molar-refractivity contribution in [3.63, 3.8) is 0 Å². The van der Waals surface area contributed by atoms with E-state index >= 15 is 0 Å². The van der Waals surface area contributed by atoms with Crippen LogP contribution in [0.4, 0.5) is 0 Å². The molecule has 0 atom stereocenters. The van der Waals surface area contributed by atoms with Crippen molar-refractivity contribution in [1.82, 2.24) is 0 Å². The number of carbonyl (C=O) groups excluding carboxylic acids is 1. The van der Waals surface area contributed by atoms with Crippen molar-refractivity contribution in [2.24, 2.45) is 5.73 Å². The zero-order valence-corrected chi connectivity index (χ0v) is 9.23. The van der Waals surface area contributed by atoms with Gasteiger partial charge in [0.1, 0.15) is 0 Å². The van der Waals surface area contributed by atoms with Crippen LogP contribution in [0, 0.1) is 6.92 Å². The van der Waals surface area contributed by atoms with Crippen LogP contribution in [0.15, 0.2) is 30.3 Å². The lowest BCUT2D eigenvalue weighted by atomic mass is 9.96. The topological polar surface area (TPSA) is 80.4 Å². The van der Waals surface area contributed by atoms with Gasteiger partial charge in [-0.3, -0.25) is 4.79 Å². The number of carbonyl (C=O) groups is 2. The predicted molar refractivity (Wildman–Crippen MR) is 64.2 cm³/mol. The fraction of sp³-hybridized carbons (Fsp3) is 0.0769. The molecule has 3 N–H and O–H groups in total. The van der Waals surface area contributed by atoms with E-state index in [0.29, 0.717) is 21.9 Å². The van der Waals surface area contributed by atoms with Gasteiger partial charge < -0.3 is 10.8 Å². The molecule has 0 aromatic heterocycles. The Hall–Kier alpha value is -2.36. The van der Waals surface area contributed by atoms with Crippen molar-refractivity contribution in [2.75, 3.05) is 0 Å². The van der Waals surface area contributed by atoms with Gasteiger partial charge in [0.15, 0.2) is 0 Å². The molecule has 0 fully saturated rings. The Morgan fingerprint density at radius 1 is 1.12 bits per heavy atom. The minimum atomic E-state index is -1.00. The molecule has 4 nitrogen and oxygen atoms in total. The smallest absolute Gasteiger partial charge is 0.336 e. The summed E-state index contributed by atoms with van der Waals surface area (Å²) in [5.74, 6) is -1.56. The molecule has 0 spiro atoms. The van der Waals surface area contributed by atoms with Crippen LogP contribution in [0.25, 0.3) is 10.8 Å². The molecule has 0 unspecified atom stereocenters. The van der Waals surface area contributed by atoms with Crippen LogP contribution in [0.2, 0.25) is 0 Å². The molecule has 0 radical (unpaired) electrons. The van der Waals surface area contributed by atoms with E-state index in [0.717, 1.165) is 0 Å². The summed E-state index contributed by atoms with van der Waals surface area (Å²) in [5.41, 5.74) is 6.47. The average Bonchev–Trinajstić information content (AvgIpc) is 2.26. The van der Waals surface area contributed by atoms with E-state index in [1.54, 1.807) is 37.3 Å². The number of hydrogen-bond donors (Lipinski definition) is 2. The zero-order chi connectivity index (χ0) is 12.6. The number of benzene rings is 2. The van der Waals surface area contributed by atoms with Crippen molar-refractivity contribution < 1.29 is 14.7 Å². The number of hydrogen-bond acceptors (Lipinski definition) is 2. The summed E-state index contributed by atoms with van der Waals surface area (Å²) in [7, 11) is 0. The third-order valence-corrected chi connectivity index (χ3v) is 2.75. The van der Waals surface area contributed by atoms with Crippen LogP contribution in [0.5, 0.6) is 0 Å². The van der Waals surface area contributed by atoms with E-state index in [9.17, 15) is 14.7 Å². The minimum Gasteiger partial charge on any atom is -0.478 e. The molecule has 0 saturated carbocycles. The van der Waals surface area contributed by atoms with Crippen LogP contribution < -0.4 is 5.73 Å². The van der Waals surface area contributed by atoms with Gasteiger partial charge >= 0.3 is 5.97 Å². The van der Waals surface area contributed by atoms with Gasteiger partial charge in [-0.2, -0.15) is 0 Å². The highest BCUT2D eigenvalue weighted by Crippen LogP contribution is 2.25. The summed E-state index contributed by atoms with van der Waals surface area (Å²) in [4.78, 5) is 22.5.